The van der Waals surface area contributed by atoms with Crippen LogP contribution >= 0.6 is 0 Å². The molecular weight excluding hydrogens is 314 g/mol. The van der Waals surface area contributed by atoms with E-state index in [4.69, 9.17) is 0 Å². The topological polar surface area (TPSA) is 90.7 Å². The van der Waals surface area contributed by atoms with Crippen LogP contribution in [0.25, 0.3) is 5.57 Å². The molecule has 1 aliphatic rings. The molecule has 0 amide bonds. The second-order valence-electron chi connectivity index (χ2n) is 6.66. The Labute approximate surface area is 148 Å². The molecule has 0 unspecified atom stereocenters. The van der Waals surface area contributed by atoms with E-state index < -0.39 is 0 Å². The summed E-state index contributed by atoms with van der Waals surface area (Å²) in [6.45, 7) is 2.04. The lowest BCUT2D eigenvalue weighted by Crippen LogP contribution is -2.22. The number of benzene rings is 1. The van der Waals surface area contributed by atoms with E-state index in [2.05, 4.69) is 6.92 Å². The van der Waals surface area contributed by atoms with E-state index in [9.17, 15) is 20.6 Å². The molecule has 5 heteroatoms. The predicted octanol–water partition coefficient (Wildman–Crippen LogP) is 4.52. The lowest BCUT2D eigenvalue weighted by atomic mass is 9.73. The van der Waals surface area contributed by atoms with Crippen molar-refractivity contribution in [2.45, 2.75) is 45.4 Å². The fraction of sp³-hybridized carbons (Fsp3) is 0.500. The Morgan fingerprint density at radius 1 is 1.36 bits per heavy atom. The van der Waals surface area contributed by atoms with E-state index in [1.54, 1.807) is 0 Å². The first-order valence-electron chi connectivity index (χ1n) is 8.85. The van der Waals surface area contributed by atoms with Crippen LogP contribution in [0.5, 0.6) is 0 Å². The molecule has 0 aliphatic heterocycles. The molecule has 0 heterocycles. The molecule has 130 valence electrons. The van der Waals surface area contributed by atoms with Gasteiger partial charge < -0.3 is 0 Å². The van der Waals surface area contributed by atoms with Crippen LogP contribution in [0.1, 0.15) is 50.2 Å². The van der Waals surface area contributed by atoms with Crippen molar-refractivity contribution < 1.29 is 4.92 Å². The molecule has 1 aromatic rings. The van der Waals surface area contributed by atoms with Crippen LogP contribution in [0.2, 0.25) is 0 Å². The summed E-state index contributed by atoms with van der Waals surface area (Å²) < 4.78 is 0. The summed E-state index contributed by atoms with van der Waals surface area (Å²) in [5, 5.41) is 29.8. The quantitative estimate of drug-likeness (QED) is 0.415. The molecule has 0 aromatic heterocycles. The van der Waals surface area contributed by atoms with Crippen molar-refractivity contribution in [3.05, 3.63) is 51.1 Å². The summed E-state index contributed by atoms with van der Waals surface area (Å²) in [7, 11) is 0. The van der Waals surface area contributed by atoms with E-state index in [0.29, 0.717) is 6.42 Å². The van der Waals surface area contributed by atoms with Crippen molar-refractivity contribution in [3.8, 4) is 12.1 Å². The van der Waals surface area contributed by atoms with Crippen LogP contribution < -0.4 is 0 Å². The normalized spacial score (nSPS) is 17.1. The van der Waals surface area contributed by atoms with Crippen molar-refractivity contribution in [3.63, 3.8) is 0 Å². The lowest BCUT2D eigenvalue weighted by Gasteiger charge is -2.30. The van der Waals surface area contributed by atoms with Crippen molar-refractivity contribution >= 4 is 5.57 Å². The second kappa shape index (κ2) is 8.99. The lowest BCUT2D eigenvalue weighted by molar-refractivity contribution is -0.488. The van der Waals surface area contributed by atoms with E-state index in [-0.39, 0.29) is 28.9 Å². The van der Waals surface area contributed by atoms with Gasteiger partial charge in [0.1, 0.15) is 17.7 Å². The van der Waals surface area contributed by atoms with Crippen molar-refractivity contribution in [1.82, 2.24) is 0 Å². The van der Waals surface area contributed by atoms with Gasteiger partial charge in [-0.05, 0) is 48.3 Å². The SMILES string of the molecule is CCCC[C@@H](C[C@@H]1CCc2ccccc2C1=C(C#N)C#N)C[N+](=O)[O-]. The molecule has 0 saturated carbocycles. The minimum absolute atomic E-state index is 0.0150. The highest BCUT2D eigenvalue weighted by molar-refractivity contribution is 5.79. The summed E-state index contributed by atoms with van der Waals surface area (Å²) in [5.74, 6) is 0.0184. The van der Waals surface area contributed by atoms with Gasteiger partial charge in [0.25, 0.3) is 0 Å². The third kappa shape index (κ3) is 4.67. The molecule has 0 saturated heterocycles. The van der Waals surface area contributed by atoms with Crippen LogP contribution in [-0.4, -0.2) is 11.5 Å². The molecule has 5 nitrogen and oxygen atoms in total. The fourth-order valence-corrected chi connectivity index (χ4v) is 3.80. The Bertz CT molecular complexity index is 724. The first kappa shape index (κ1) is 18.7. The molecule has 0 fully saturated rings. The smallest absolute Gasteiger partial charge is 0.206 e. The van der Waals surface area contributed by atoms with Crippen molar-refractivity contribution in [2.24, 2.45) is 11.8 Å². The van der Waals surface area contributed by atoms with Crippen LogP contribution in [0.15, 0.2) is 29.8 Å². The standard InChI is InChI=1S/C20H23N3O2/c1-2-3-6-15(14-23(24)25)11-17-10-9-16-7-4-5-8-19(16)20(17)18(12-21)13-22/h4-5,7-8,15,17H,2-3,6,9-11,14H2,1H3/t15-,17-/m0/s1. The molecule has 25 heavy (non-hydrogen) atoms. The van der Waals surface area contributed by atoms with Crippen molar-refractivity contribution in [2.75, 3.05) is 6.54 Å². The highest BCUT2D eigenvalue weighted by Crippen LogP contribution is 2.41. The Morgan fingerprint density at radius 3 is 2.72 bits per heavy atom. The molecule has 0 N–H and O–H groups in total. The summed E-state index contributed by atoms with van der Waals surface area (Å²) in [5.41, 5.74) is 3.05. The zero-order valence-electron chi connectivity index (χ0n) is 14.6. The number of rotatable bonds is 7. The molecular formula is C20H23N3O2. The molecule has 1 aliphatic carbocycles. The van der Waals surface area contributed by atoms with Crippen LogP contribution in [-0.2, 0) is 6.42 Å². The van der Waals surface area contributed by atoms with Gasteiger partial charge in [-0.3, -0.25) is 10.1 Å². The number of nitriles is 2. The Hall–Kier alpha value is -2.66. The summed E-state index contributed by atoms with van der Waals surface area (Å²) in [4.78, 5) is 10.8. The Balaban J connectivity index is 2.36. The second-order valence-corrected chi connectivity index (χ2v) is 6.66. The van der Waals surface area contributed by atoms with Crippen LogP contribution in [0.4, 0.5) is 0 Å². The third-order valence-corrected chi connectivity index (χ3v) is 4.96. The maximum Gasteiger partial charge on any atom is 0.206 e. The van der Waals surface area contributed by atoms with Gasteiger partial charge >= 0.3 is 0 Å². The van der Waals surface area contributed by atoms with Gasteiger partial charge in [0.15, 0.2) is 0 Å². The van der Waals surface area contributed by atoms with E-state index in [1.807, 2.05) is 36.4 Å². The molecule has 0 spiro atoms. The van der Waals surface area contributed by atoms with E-state index in [0.717, 1.165) is 48.8 Å². The number of nitrogens with zero attached hydrogens (tertiary/aromatic N) is 3. The molecule has 0 radical (unpaired) electrons. The third-order valence-electron chi connectivity index (χ3n) is 4.96. The first-order chi connectivity index (χ1) is 12.1. The van der Waals surface area contributed by atoms with Gasteiger partial charge in [-0.2, -0.15) is 10.5 Å². The number of allylic oxidation sites excluding steroid dienone is 2. The summed E-state index contributed by atoms with van der Waals surface area (Å²) >= 11 is 0. The maximum atomic E-state index is 11.0. The average molecular weight is 337 g/mol. The van der Waals surface area contributed by atoms with Gasteiger partial charge in [0, 0.05) is 10.8 Å². The van der Waals surface area contributed by atoms with Gasteiger partial charge in [0.2, 0.25) is 6.54 Å². The van der Waals surface area contributed by atoms with Crippen LogP contribution in [0.3, 0.4) is 0 Å². The summed E-state index contributed by atoms with van der Waals surface area (Å²) in [6.07, 6.45) is 5.16. The van der Waals surface area contributed by atoms with Crippen LogP contribution in [0, 0.1) is 44.6 Å². The highest BCUT2D eigenvalue weighted by Gasteiger charge is 2.30. The monoisotopic (exact) mass is 337 g/mol. The number of nitro groups is 1. The zero-order valence-corrected chi connectivity index (χ0v) is 14.6. The molecule has 1 aromatic carbocycles. The van der Waals surface area contributed by atoms with E-state index >= 15 is 0 Å². The molecule has 2 atom stereocenters. The van der Waals surface area contributed by atoms with Gasteiger partial charge in [-0.15, -0.1) is 0 Å². The maximum absolute atomic E-state index is 11.0. The van der Waals surface area contributed by atoms with Gasteiger partial charge in [-0.25, -0.2) is 0 Å². The minimum atomic E-state index is -0.240. The van der Waals surface area contributed by atoms with Gasteiger partial charge in [0.05, 0.1) is 0 Å². The number of aryl methyl sites for hydroxylation is 1. The Kier molecular flexibility index (Phi) is 6.71. The molecule has 0 bridgehead atoms. The largest absolute Gasteiger partial charge is 0.265 e. The number of hydrogen-bond acceptors (Lipinski definition) is 4. The number of fused-ring (bicyclic) bond motifs is 1. The number of hydrogen-bond donors (Lipinski definition) is 0. The minimum Gasteiger partial charge on any atom is -0.265 e. The van der Waals surface area contributed by atoms with E-state index in [1.165, 1.54) is 0 Å². The predicted molar refractivity (Wildman–Crippen MR) is 95.9 cm³/mol. The average Bonchev–Trinajstić information content (AvgIpc) is 2.61. The van der Waals surface area contributed by atoms with Crippen molar-refractivity contribution in [1.29, 1.82) is 10.5 Å². The first-order valence-corrected chi connectivity index (χ1v) is 8.85. The fourth-order valence-electron chi connectivity index (χ4n) is 3.80. The highest BCUT2D eigenvalue weighted by atomic mass is 16.6. The van der Waals surface area contributed by atoms with Gasteiger partial charge in [-0.1, -0.05) is 44.0 Å². The number of unbranched alkanes of at least 4 members (excludes halogenated alkanes) is 1. The zero-order chi connectivity index (χ0) is 18.2. The molecule has 2 rings (SSSR count). The Morgan fingerprint density at radius 2 is 2.08 bits per heavy atom. The summed E-state index contributed by atoms with van der Waals surface area (Å²) in [6, 6.07) is 11.9.